The quantitative estimate of drug-likeness (QED) is 0.521. The minimum absolute atomic E-state index is 0.199. The summed E-state index contributed by atoms with van der Waals surface area (Å²) in [6.45, 7) is 0.820. The number of hydrogen-bond donors (Lipinski definition) is 1. The van der Waals surface area contributed by atoms with E-state index in [-0.39, 0.29) is 25.6 Å². The van der Waals surface area contributed by atoms with Gasteiger partial charge in [-0.2, -0.15) is 0 Å². The molecule has 0 atom stereocenters. The number of nitrogens with one attached hydrogen (secondary N) is 1. The van der Waals surface area contributed by atoms with Crippen molar-refractivity contribution in [1.82, 2.24) is 5.32 Å². The molecule has 0 aromatic heterocycles. The fourth-order valence-corrected chi connectivity index (χ4v) is 2.64. The van der Waals surface area contributed by atoms with Gasteiger partial charge in [-0.15, -0.1) is 0 Å². The molecule has 0 aliphatic heterocycles. The van der Waals surface area contributed by atoms with E-state index in [0.717, 1.165) is 15.6 Å². The molecule has 0 fully saturated rings. The fourth-order valence-electron chi connectivity index (χ4n) is 2.10. The Hall–Kier alpha value is -2.54. The van der Waals surface area contributed by atoms with Crippen LogP contribution < -0.4 is 10.1 Å². The largest absolute Gasteiger partial charge is 0.491 e. The summed E-state index contributed by atoms with van der Waals surface area (Å²) in [5.41, 5.74) is 1.74. The molecule has 0 aliphatic rings. The van der Waals surface area contributed by atoms with Crippen LogP contribution >= 0.6 is 15.9 Å². The molecule has 7 heteroatoms. The van der Waals surface area contributed by atoms with E-state index in [1.54, 1.807) is 18.2 Å². The van der Waals surface area contributed by atoms with E-state index >= 15 is 0 Å². The van der Waals surface area contributed by atoms with Gasteiger partial charge in [0, 0.05) is 0 Å². The SMILES string of the molecule is COC(=O)Cc1ccc(OCCNC(=O)OCc2ccccc2)c(Br)c1. The van der Waals surface area contributed by atoms with Crippen LogP contribution in [0.1, 0.15) is 11.1 Å². The van der Waals surface area contributed by atoms with Crippen molar-refractivity contribution in [2.45, 2.75) is 13.0 Å². The third-order valence-corrected chi connectivity index (χ3v) is 4.03. The number of carbonyl (C=O) groups is 2. The van der Waals surface area contributed by atoms with Crippen molar-refractivity contribution in [3.63, 3.8) is 0 Å². The molecule has 0 aliphatic carbocycles. The standard InChI is InChI=1S/C19H20BrNO5/c1-24-18(22)12-15-7-8-17(16(20)11-15)25-10-9-21-19(23)26-13-14-5-3-2-4-6-14/h2-8,11H,9-10,12-13H2,1H3,(H,21,23). The van der Waals surface area contributed by atoms with E-state index in [0.29, 0.717) is 12.3 Å². The van der Waals surface area contributed by atoms with E-state index in [1.807, 2.05) is 30.3 Å². The first-order chi connectivity index (χ1) is 12.6. The molecule has 0 spiro atoms. The monoisotopic (exact) mass is 421 g/mol. The van der Waals surface area contributed by atoms with Crippen LogP contribution in [0, 0.1) is 0 Å². The van der Waals surface area contributed by atoms with Gasteiger partial charge in [-0.25, -0.2) is 4.79 Å². The zero-order chi connectivity index (χ0) is 18.8. The first-order valence-corrected chi connectivity index (χ1v) is 8.80. The highest BCUT2D eigenvalue weighted by Gasteiger charge is 2.07. The highest BCUT2D eigenvalue weighted by atomic mass is 79.9. The van der Waals surface area contributed by atoms with Gasteiger partial charge >= 0.3 is 12.1 Å². The van der Waals surface area contributed by atoms with Crippen molar-refractivity contribution in [1.29, 1.82) is 0 Å². The predicted molar refractivity (Wildman–Crippen MR) is 100.0 cm³/mol. The van der Waals surface area contributed by atoms with Gasteiger partial charge in [0.05, 0.1) is 24.5 Å². The number of benzene rings is 2. The van der Waals surface area contributed by atoms with Gasteiger partial charge in [0.25, 0.3) is 0 Å². The van der Waals surface area contributed by atoms with Crippen molar-refractivity contribution < 1.29 is 23.8 Å². The van der Waals surface area contributed by atoms with Crippen molar-refractivity contribution in [2.75, 3.05) is 20.3 Å². The Labute approximate surface area is 160 Å². The molecule has 0 saturated carbocycles. The molecular weight excluding hydrogens is 402 g/mol. The van der Waals surface area contributed by atoms with Crippen LogP contribution in [-0.2, 0) is 27.3 Å². The van der Waals surface area contributed by atoms with E-state index in [2.05, 4.69) is 26.0 Å². The van der Waals surface area contributed by atoms with Crippen LogP contribution in [0.15, 0.2) is 53.0 Å². The van der Waals surface area contributed by atoms with Crippen LogP contribution in [0.3, 0.4) is 0 Å². The van der Waals surface area contributed by atoms with E-state index < -0.39 is 6.09 Å². The Bertz CT molecular complexity index is 736. The Kier molecular flexibility index (Phi) is 7.95. The molecule has 2 aromatic rings. The Morgan fingerprint density at radius 1 is 1.08 bits per heavy atom. The van der Waals surface area contributed by atoms with Crippen LogP contribution in [0.4, 0.5) is 4.79 Å². The number of methoxy groups -OCH3 is 1. The minimum atomic E-state index is -0.495. The fraction of sp³-hybridized carbons (Fsp3) is 0.263. The maximum atomic E-state index is 11.6. The normalized spacial score (nSPS) is 10.1. The summed E-state index contributed by atoms with van der Waals surface area (Å²) in [7, 11) is 1.35. The third kappa shape index (κ3) is 6.76. The second-order valence-corrected chi connectivity index (χ2v) is 6.21. The zero-order valence-corrected chi connectivity index (χ0v) is 16.0. The Balaban J connectivity index is 1.69. The van der Waals surface area contributed by atoms with Gasteiger partial charge in [-0.1, -0.05) is 36.4 Å². The summed E-state index contributed by atoms with van der Waals surface area (Å²) in [6, 6.07) is 14.8. The number of esters is 1. The highest BCUT2D eigenvalue weighted by Crippen LogP contribution is 2.26. The Morgan fingerprint density at radius 2 is 1.85 bits per heavy atom. The maximum Gasteiger partial charge on any atom is 0.407 e. The number of rotatable bonds is 8. The molecule has 0 unspecified atom stereocenters. The average molecular weight is 422 g/mol. The highest BCUT2D eigenvalue weighted by molar-refractivity contribution is 9.10. The smallest absolute Gasteiger partial charge is 0.407 e. The van der Waals surface area contributed by atoms with Gasteiger partial charge in [0.15, 0.2) is 0 Å². The summed E-state index contributed by atoms with van der Waals surface area (Å²) in [5.74, 6) is 0.321. The molecule has 2 aromatic carbocycles. The number of amides is 1. The van der Waals surface area contributed by atoms with Gasteiger partial charge in [0.2, 0.25) is 0 Å². The average Bonchev–Trinajstić information content (AvgIpc) is 2.65. The number of ether oxygens (including phenoxy) is 3. The molecule has 1 amide bonds. The molecule has 2 rings (SSSR count). The van der Waals surface area contributed by atoms with Crippen LogP contribution in [0.5, 0.6) is 5.75 Å². The van der Waals surface area contributed by atoms with Gasteiger partial charge in [-0.3, -0.25) is 4.79 Å². The number of halogens is 1. The lowest BCUT2D eigenvalue weighted by Crippen LogP contribution is -2.28. The molecule has 0 bridgehead atoms. The van der Waals surface area contributed by atoms with Crippen molar-refractivity contribution in [2.24, 2.45) is 0 Å². The number of carbonyl (C=O) groups excluding carboxylic acids is 2. The lowest BCUT2D eigenvalue weighted by atomic mass is 10.1. The first kappa shape index (κ1) is 19.8. The van der Waals surface area contributed by atoms with Gasteiger partial charge < -0.3 is 19.5 Å². The van der Waals surface area contributed by atoms with Crippen LogP contribution in [0.2, 0.25) is 0 Å². The van der Waals surface area contributed by atoms with Crippen molar-refractivity contribution in [3.05, 3.63) is 64.1 Å². The molecule has 0 saturated heterocycles. The molecule has 6 nitrogen and oxygen atoms in total. The third-order valence-electron chi connectivity index (χ3n) is 3.41. The van der Waals surface area contributed by atoms with Crippen LogP contribution in [-0.4, -0.2) is 32.3 Å². The summed E-state index contributed by atoms with van der Waals surface area (Å²) in [4.78, 5) is 22.9. The summed E-state index contributed by atoms with van der Waals surface area (Å²) in [6.07, 6.45) is -0.297. The number of hydrogen-bond acceptors (Lipinski definition) is 5. The number of alkyl carbamates (subject to hydrolysis) is 1. The lowest BCUT2D eigenvalue weighted by Gasteiger charge is -2.11. The maximum absolute atomic E-state index is 11.6. The van der Waals surface area contributed by atoms with Crippen LogP contribution in [0.25, 0.3) is 0 Å². The predicted octanol–water partition coefficient (Wildman–Crippen LogP) is 3.47. The topological polar surface area (TPSA) is 73.9 Å². The summed E-state index contributed by atoms with van der Waals surface area (Å²) in [5, 5.41) is 2.63. The first-order valence-electron chi connectivity index (χ1n) is 8.01. The Morgan fingerprint density at radius 3 is 2.54 bits per heavy atom. The molecule has 138 valence electrons. The van der Waals surface area contributed by atoms with Crippen molar-refractivity contribution in [3.8, 4) is 5.75 Å². The zero-order valence-electron chi connectivity index (χ0n) is 14.4. The molecule has 0 heterocycles. The van der Waals surface area contributed by atoms with Crippen molar-refractivity contribution >= 4 is 28.0 Å². The van der Waals surface area contributed by atoms with E-state index in [4.69, 9.17) is 9.47 Å². The molecule has 0 radical (unpaired) electrons. The summed E-state index contributed by atoms with van der Waals surface area (Å²) >= 11 is 3.40. The van der Waals surface area contributed by atoms with E-state index in [1.165, 1.54) is 7.11 Å². The lowest BCUT2D eigenvalue weighted by molar-refractivity contribution is -0.139. The molecular formula is C19H20BrNO5. The second-order valence-electron chi connectivity index (χ2n) is 5.35. The summed E-state index contributed by atoms with van der Waals surface area (Å²) < 4.78 is 16.1. The minimum Gasteiger partial charge on any atom is -0.491 e. The molecule has 1 N–H and O–H groups in total. The second kappa shape index (κ2) is 10.5. The molecule has 26 heavy (non-hydrogen) atoms. The van der Waals surface area contributed by atoms with Gasteiger partial charge in [0.1, 0.15) is 19.0 Å². The van der Waals surface area contributed by atoms with E-state index in [9.17, 15) is 9.59 Å². The van der Waals surface area contributed by atoms with Gasteiger partial charge in [-0.05, 0) is 39.2 Å².